The summed E-state index contributed by atoms with van der Waals surface area (Å²) in [5.41, 5.74) is 0. The number of hydrogen-bond donors (Lipinski definition) is 2. The largest absolute Gasteiger partial charge is 0.315 e. The fraction of sp³-hybridized carbons (Fsp3) is 1.00. The second-order valence-electron chi connectivity index (χ2n) is 7.38. The lowest BCUT2D eigenvalue weighted by atomic mass is 9.84. The molecule has 0 aromatic heterocycles. The summed E-state index contributed by atoms with van der Waals surface area (Å²) in [6, 6.07) is 0.580. The van der Waals surface area contributed by atoms with Crippen molar-refractivity contribution in [1.29, 1.82) is 0 Å². The highest BCUT2D eigenvalue weighted by molar-refractivity contribution is 7.89. The first-order valence-electron chi connectivity index (χ1n) is 8.61. The minimum atomic E-state index is -3.11. The first kappa shape index (κ1) is 17.2. The first-order chi connectivity index (χ1) is 9.87. The zero-order chi connectivity index (χ0) is 15.5. The summed E-state index contributed by atoms with van der Waals surface area (Å²) < 4.78 is 27.3. The van der Waals surface area contributed by atoms with Crippen molar-refractivity contribution in [3.05, 3.63) is 0 Å². The van der Waals surface area contributed by atoms with E-state index in [9.17, 15) is 8.42 Å². The molecule has 4 nitrogen and oxygen atoms in total. The van der Waals surface area contributed by atoms with Gasteiger partial charge < -0.3 is 5.32 Å². The molecule has 2 bridgehead atoms. The fourth-order valence-corrected chi connectivity index (χ4v) is 5.59. The molecule has 0 aliphatic heterocycles. The summed E-state index contributed by atoms with van der Waals surface area (Å²) in [7, 11) is -3.11. The Bertz CT molecular complexity index is 422. The summed E-state index contributed by atoms with van der Waals surface area (Å²) in [4.78, 5) is 0. The quantitative estimate of drug-likeness (QED) is 0.643. The molecule has 4 unspecified atom stereocenters. The van der Waals surface area contributed by atoms with E-state index in [1.54, 1.807) is 0 Å². The molecule has 0 spiro atoms. The Kier molecular flexibility index (Phi) is 6.09. The lowest BCUT2D eigenvalue weighted by Crippen LogP contribution is -2.41. The van der Waals surface area contributed by atoms with Crippen LogP contribution >= 0.6 is 0 Å². The molecular weight excluding hydrogens is 284 g/mol. The molecule has 0 saturated heterocycles. The van der Waals surface area contributed by atoms with Gasteiger partial charge >= 0.3 is 0 Å². The zero-order valence-electron chi connectivity index (χ0n) is 13.8. The normalized spacial score (nSPS) is 30.2. The number of fused-ring (bicyclic) bond motifs is 2. The third kappa shape index (κ3) is 5.22. The van der Waals surface area contributed by atoms with Gasteiger partial charge in [0.1, 0.15) is 0 Å². The van der Waals surface area contributed by atoms with Gasteiger partial charge in [-0.15, -0.1) is 0 Å². The Morgan fingerprint density at radius 3 is 2.43 bits per heavy atom. The molecular formula is C16H32N2O2S. The van der Waals surface area contributed by atoms with Crippen LogP contribution in [0.5, 0.6) is 0 Å². The molecule has 0 aromatic rings. The topological polar surface area (TPSA) is 58.2 Å². The van der Waals surface area contributed by atoms with E-state index in [-0.39, 0.29) is 11.8 Å². The van der Waals surface area contributed by atoms with E-state index in [1.165, 1.54) is 25.7 Å². The number of hydrogen-bond acceptors (Lipinski definition) is 3. The van der Waals surface area contributed by atoms with Crippen LogP contribution in [0.2, 0.25) is 0 Å². The van der Waals surface area contributed by atoms with Gasteiger partial charge in [0.2, 0.25) is 10.0 Å². The van der Waals surface area contributed by atoms with Crippen molar-refractivity contribution in [2.45, 2.75) is 71.4 Å². The van der Waals surface area contributed by atoms with Gasteiger partial charge in [0, 0.05) is 12.1 Å². The van der Waals surface area contributed by atoms with Crippen LogP contribution in [-0.2, 0) is 10.0 Å². The van der Waals surface area contributed by atoms with Crippen molar-refractivity contribution in [1.82, 2.24) is 10.0 Å². The highest BCUT2D eigenvalue weighted by Gasteiger charge is 2.42. The van der Waals surface area contributed by atoms with Gasteiger partial charge in [-0.25, -0.2) is 13.1 Å². The van der Waals surface area contributed by atoms with Gasteiger partial charge in [0.05, 0.1) is 5.75 Å². The third-order valence-electron chi connectivity index (χ3n) is 5.19. The molecule has 0 radical (unpaired) electrons. The fourth-order valence-electron chi connectivity index (χ4n) is 4.14. The first-order valence-corrected chi connectivity index (χ1v) is 10.3. The van der Waals surface area contributed by atoms with Gasteiger partial charge in [-0.1, -0.05) is 20.3 Å². The molecule has 2 aliphatic rings. The zero-order valence-corrected chi connectivity index (χ0v) is 14.6. The summed E-state index contributed by atoms with van der Waals surface area (Å²) in [6.07, 6.45) is 6.89. The molecule has 2 saturated carbocycles. The molecule has 4 atom stereocenters. The Labute approximate surface area is 130 Å². The molecule has 21 heavy (non-hydrogen) atoms. The van der Waals surface area contributed by atoms with Crippen LogP contribution in [-0.4, -0.2) is 32.8 Å². The van der Waals surface area contributed by atoms with Gasteiger partial charge in [-0.3, -0.25) is 0 Å². The Morgan fingerprint density at radius 1 is 1.10 bits per heavy atom. The second-order valence-corrected chi connectivity index (χ2v) is 9.25. The minimum Gasteiger partial charge on any atom is -0.315 e. The van der Waals surface area contributed by atoms with Crippen LogP contribution < -0.4 is 10.0 Å². The number of nitrogens with one attached hydrogen (secondary N) is 2. The molecule has 2 rings (SSSR count). The van der Waals surface area contributed by atoms with E-state index >= 15 is 0 Å². The highest BCUT2D eigenvalue weighted by atomic mass is 32.2. The summed E-state index contributed by atoms with van der Waals surface area (Å²) in [5, 5.41) is 3.32. The Balaban J connectivity index is 1.68. The molecule has 124 valence electrons. The van der Waals surface area contributed by atoms with Gasteiger partial charge in [0.25, 0.3) is 0 Å². The molecule has 2 aliphatic carbocycles. The molecule has 2 fully saturated rings. The van der Waals surface area contributed by atoms with Crippen LogP contribution in [0.15, 0.2) is 0 Å². The Morgan fingerprint density at radius 2 is 1.86 bits per heavy atom. The molecule has 5 heteroatoms. The monoisotopic (exact) mass is 316 g/mol. The second kappa shape index (κ2) is 7.42. The lowest BCUT2D eigenvalue weighted by molar-refractivity contribution is 0.280. The van der Waals surface area contributed by atoms with E-state index in [4.69, 9.17) is 0 Å². The molecule has 0 aromatic carbocycles. The van der Waals surface area contributed by atoms with Crippen LogP contribution in [0, 0.1) is 17.8 Å². The van der Waals surface area contributed by atoms with Crippen molar-refractivity contribution in [3.63, 3.8) is 0 Å². The van der Waals surface area contributed by atoms with Gasteiger partial charge in [-0.2, -0.15) is 0 Å². The summed E-state index contributed by atoms with van der Waals surface area (Å²) >= 11 is 0. The van der Waals surface area contributed by atoms with Crippen molar-refractivity contribution in [2.24, 2.45) is 17.8 Å². The van der Waals surface area contributed by atoms with Crippen molar-refractivity contribution in [2.75, 3.05) is 12.3 Å². The summed E-state index contributed by atoms with van der Waals surface area (Å²) in [5.74, 6) is 2.47. The SMILES string of the molecule is CC(C)NCCCCS(=O)(=O)NC(C)C1CC2CCC1C2. The van der Waals surface area contributed by atoms with E-state index in [1.807, 2.05) is 0 Å². The molecule has 0 amide bonds. The maximum absolute atomic E-state index is 12.2. The number of unbranched alkanes of at least 4 members (excludes halogenated alkanes) is 1. The number of rotatable bonds is 9. The van der Waals surface area contributed by atoms with E-state index < -0.39 is 10.0 Å². The van der Waals surface area contributed by atoms with E-state index in [2.05, 4.69) is 30.8 Å². The minimum absolute atomic E-state index is 0.110. The summed E-state index contributed by atoms with van der Waals surface area (Å²) in [6.45, 7) is 7.17. The predicted octanol–water partition coefficient (Wildman–Crippen LogP) is 2.51. The highest BCUT2D eigenvalue weighted by Crippen LogP contribution is 2.49. The van der Waals surface area contributed by atoms with Crippen LogP contribution in [0.4, 0.5) is 0 Å². The van der Waals surface area contributed by atoms with E-state index in [0.29, 0.717) is 12.0 Å². The smallest absolute Gasteiger partial charge is 0.211 e. The van der Waals surface area contributed by atoms with Gasteiger partial charge in [0.15, 0.2) is 0 Å². The van der Waals surface area contributed by atoms with E-state index in [0.717, 1.165) is 31.2 Å². The van der Waals surface area contributed by atoms with Crippen LogP contribution in [0.25, 0.3) is 0 Å². The van der Waals surface area contributed by atoms with Crippen molar-refractivity contribution < 1.29 is 8.42 Å². The third-order valence-corrected chi connectivity index (χ3v) is 6.75. The van der Waals surface area contributed by atoms with Crippen molar-refractivity contribution in [3.8, 4) is 0 Å². The van der Waals surface area contributed by atoms with Crippen molar-refractivity contribution >= 4 is 10.0 Å². The predicted molar refractivity (Wildman–Crippen MR) is 87.7 cm³/mol. The lowest BCUT2D eigenvalue weighted by Gasteiger charge is -2.28. The van der Waals surface area contributed by atoms with Crippen LogP contribution in [0.3, 0.4) is 0 Å². The average Bonchev–Trinajstić information content (AvgIpc) is 2.99. The maximum atomic E-state index is 12.2. The van der Waals surface area contributed by atoms with Crippen LogP contribution in [0.1, 0.15) is 59.3 Å². The average molecular weight is 317 g/mol. The standard InChI is InChI=1S/C16H32N2O2S/c1-12(2)17-8-4-5-9-21(19,20)18-13(3)16-11-14-6-7-15(16)10-14/h12-18H,4-11H2,1-3H3. The maximum Gasteiger partial charge on any atom is 0.211 e. The molecule has 0 heterocycles. The van der Waals surface area contributed by atoms with Gasteiger partial charge in [-0.05, 0) is 63.3 Å². The molecule has 2 N–H and O–H groups in total. The Hall–Kier alpha value is -0.130. The number of sulfonamides is 1.